The molecule has 0 aromatic carbocycles. The van der Waals surface area contributed by atoms with E-state index in [2.05, 4.69) is 33.0 Å². The Morgan fingerprint density at radius 3 is 1.82 bits per heavy atom. The van der Waals surface area contributed by atoms with Crippen molar-refractivity contribution in [2.24, 2.45) is 5.92 Å². The van der Waals surface area contributed by atoms with E-state index in [4.69, 9.17) is 0 Å². The van der Waals surface area contributed by atoms with E-state index in [0.717, 1.165) is 18.5 Å². The highest BCUT2D eigenvalue weighted by Crippen LogP contribution is 2.22. The molecule has 0 aromatic rings. The van der Waals surface area contributed by atoms with E-state index in [-0.39, 0.29) is 0 Å². The molecule has 0 rings (SSSR count). The van der Waals surface area contributed by atoms with Crippen LogP contribution in [-0.2, 0) is 0 Å². The van der Waals surface area contributed by atoms with E-state index >= 15 is 0 Å². The highest BCUT2D eigenvalue weighted by molar-refractivity contribution is 4.75. The summed E-state index contributed by atoms with van der Waals surface area (Å²) in [4.78, 5) is 0. The van der Waals surface area contributed by atoms with Gasteiger partial charge in [-0.3, -0.25) is 0 Å². The van der Waals surface area contributed by atoms with Gasteiger partial charge in [0.25, 0.3) is 0 Å². The quantitative estimate of drug-likeness (QED) is 0.466. The minimum absolute atomic E-state index is 0.775. The lowest BCUT2D eigenvalue weighted by molar-refractivity contribution is 0.293. The van der Waals surface area contributed by atoms with Gasteiger partial charge in [-0.15, -0.1) is 0 Å². The van der Waals surface area contributed by atoms with Gasteiger partial charge < -0.3 is 5.32 Å². The Balaban J connectivity index is 4.04. The molecule has 0 saturated heterocycles. The largest absolute Gasteiger partial charge is 0.314 e. The minimum Gasteiger partial charge on any atom is -0.314 e. The number of nitrogens with one attached hydrogen (secondary N) is 1. The molecule has 0 saturated carbocycles. The van der Waals surface area contributed by atoms with Crippen LogP contribution >= 0.6 is 0 Å². The Kier molecular flexibility index (Phi) is 12.4. The zero-order valence-electron chi connectivity index (χ0n) is 12.7. The van der Waals surface area contributed by atoms with E-state index in [1.54, 1.807) is 0 Å². The highest BCUT2D eigenvalue weighted by Gasteiger charge is 2.18. The first-order valence-electron chi connectivity index (χ1n) is 8.03. The molecule has 0 heterocycles. The predicted octanol–water partition coefficient (Wildman–Crippen LogP) is 5.15. The second kappa shape index (κ2) is 12.4. The fraction of sp³-hybridized carbons (Fsp3) is 1.00. The predicted molar refractivity (Wildman–Crippen MR) is 79.5 cm³/mol. The average Bonchev–Trinajstić information content (AvgIpc) is 2.33. The second-order valence-corrected chi connectivity index (χ2v) is 5.35. The molecule has 0 spiro atoms. The van der Waals surface area contributed by atoms with Crippen LogP contribution in [0.3, 0.4) is 0 Å². The molecule has 104 valence electrons. The van der Waals surface area contributed by atoms with E-state index in [1.165, 1.54) is 57.8 Å². The van der Waals surface area contributed by atoms with Gasteiger partial charge in [-0.25, -0.2) is 0 Å². The Hall–Kier alpha value is -0.0400. The fourth-order valence-electron chi connectivity index (χ4n) is 2.85. The fourth-order valence-corrected chi connectivity index (χ4v) is 2.85. The molecule has 17 heavy (non-hydrogen) atoms. The Morgan fingerprint density at radius 2 is 1.35 bits per heavy atom. The van der Waals surface area contributed by atoms with Crippen molar-refractivity contribution in [2.75, 3.05) is 6.54 Å². The maximum Gasteiger partial charge on any atom is 0.00952 e. The van der Waals surface area contributed by atoms with Crippen LogP contribution in [0.25, 0.3) is 0 Å². The molecule has 0 aliphatic heterocycles. The maximum atomic E-state index is 3.73. The lowest BCUT2D eigenvalue weighted by Gasteiger charge is -2.27. The van der Waals surface area contributed by atoms with Crippen molar-refractivity contribution in [3.63, 3.8) is 0 Å². The van der Waals surface area contributed by atoms with Gasteiger partial charge in [-0.05, 0) is 31.7 Å². The van der Waals surface area contributed by atoms with Gasteiger partial charge in [-0.2, -0.15) is 0 Å². The SMILES string of the molecule is CCCCCCC(NCC)C(CCC)CCC. The summed E-state index contributed by atoms with van der Waals surface area (Å²) >= 11 is 0. The summed E-state index contributed by atoms with van der Waals surface area (Å²) in [6, 6.07) is 0.775. The van der Waals surface area contributed by atoms with Crippen LogP contribution in [0.2, 0.25) is 0 Å². The van der Waals surface area contributed by atoms with E-state index in [9.17, 15) is 0 Å². The van der Waals surface area contributed by atoms with Crippen LogP contribution in [0, 0.1) is 5.92 Å². The number of rotatable bonds is 12. The van der Waals surface area contributed by atoms with Gasteiger partial charge in [0.05, 0.1) is 0 Å². The molecular weight excluding hydrogens is 206 g/mol. The third-order valence-corrected chi connectivity index (χ3v) is 3.72. The molecule has 1 heteroatoms. The van der Waals surface area contributed by atoms with E-state index in [0.29, 0.717) is 0 Å². The molecule has 0 aliphatic rings. The monoisotopic (exact) mass is 241 g/mol. The Morgan fingerprint density at radius 1 is 0.706 bits per heavy atom. The van der Waals surface area contributed by atoms with E-state index < -0.39 is 0 Å². The first-order valence-corrected chi connectivity index (χ1v) is 8.03. The molecule has 0 bridgehead atoms. The molecule has 0 aromatic heterocycles. The average molecular weight is 241 g/mol. The zero-order valence-corrected chi connectivity index (χ0v) is 12.7. The first-order chi connectivity index (χ1) is 8.29. The lowest BCUT2D eigenvalue weighted by Crippen LogP contribution is -2.36. The summed E-state index contributed by atoms with van der Waals surface area (Å²) < 4.78 is 0. The van der Waals surface area contributed by atoms with Crippen LogP contribution in [-0.4, -0.2) is 12.6 Å². The van der Waals surface area contributed by atoms with Gasteiger partial charge in [0.1, 0.15) is 0 Å². The summed E-state index contributed by atoms with van der Waals surface area (Å²) in [5, 5.41) is 3.73. The topological polar surface area (TPSA) is 12.0 Å². The molecule has 0 radical (unpaired) electrons. The normalized spacial score (nSPS) is 13.2. The van der Waals surface area contributed by atoms with Crippen molar-refractivity contribution < 1.29 is 0 Å². The molecule has 0 fully saturated rings. The van der Waals surface area contributed by atoms with Gasteiger partial charge in [-0.1, -0.05) is 66.2 Å². The van der Waals surface area contributed by atoms with Crippen LogP contribution in [0.4, 0.5) is 0 Å². The standard InChI is InChI=1S/C16H35N/c1-5-9-10-11-14-16(17-8-4)15(12-6-2)13-7-3/h15-17H,5-14H2,1-4H3. The van der Waals surface area contributed by atoms with Gasteiger partial charge >= 0.3 is 0 Å². The Bertz CT molecular complexity index is 138. The van der Waals surface area contributed by atoms with Gasteiger partial charge in [0, 0.05) is 6.04 Å². The summed E-state index contributed by atoms with van der Waals surface area (Å²) in [5.74, 6) is 0.909. The van der Waals surface area contributed by atoms with Crippen LogP contribution in [0.15, 0.2) is 0 Å². The van der Waals surface area contributed by atoms with Gasteiger partial charge in [0.2, 0.25) is 0 Å². The number of hydrogen-bond donors (Lipinski definition) is 1. The molecular formula is C16H35N. The van der Waals surface area contributed by atoms with Crippen molar-refractivity contribution in [3.8, 4) is 0 Å². The number of unbranched alkanes of at least 4 members (excludes halogenated alkanes) is 3. The summed E-state index contributed by atoms with van der Waals surface area (Å²) in [5.41, 5.74) is 0. The molecule has 0 amide bonds. The number of hydrogen-bond acceptors (Lipinski definition) is 1. The Labute approximate surface area is 110 Å². The van der Waals surface area contributed by atoms with E-state index in [1.807, 2.05) is 0 Å². The maximum absolute atomic E-state index is 3.73. The summed E-state index contributed by atoms with van der Waals surface area (Å²) in [6.07, 6.45) is 12.4. The molecule has 1 unspecified atom stereocenters. The smallest absolute Gasteiger partial charge is 0.00952 e. The zero-order chi connectivity index (χ0) is 12.9. The van der Waals surface area contributed by atoms with Gasteiger partial charge in [0.15, 0.2) is 0 Å². The summed E-state index contributed by atoms with van der Waals surface area (Å²) in [6.45, 7) is 10.3. The minimum atomic E-state index is 0.775. The molecule has 1 N–H and O–H groups in total. The van der Waals surface area contributed by atoms with Crippen molar-refractivity contribution in [2.45, 2.75) is 91.5 Å². The highest BCUT2D eigenvalue weighted by atomic mass is 14.9. The molecule has 0 aliphatic carbocycles. The van der Waals surface area contributed by atoms with Crippen molar-refractivity contribution >= 4 is 0 Å². The third kappa shape index (κ3) is 8.65. The van der Waals surface area contributed by atoms with Crippen molar-refractivity contribution in [1.29, 1.82) is 0 Å². The molecule has 1 atom stereocenters. The van der Waals surface area contributed by atoms with Crippen molar-refractivity contribution in [1.82, 2.24) is 5.32 Å². The van der Waals surface area contributed by atoms with Crippen LogP contribution < -0.4 is 5.32 Å². The van der Waals surface area contributed by atoms with Crippen LogP contribution in [0.5, 0.6) is 0 Å². The third-order valence-electron chi connectivity index (χ3n) is 3.72. The van der Waals surface area contributed by atoms with Crippen LogP contribution in [0.1, 0.15) is 85.5 Å². The first kappa shape index (κ1) is 17.0. The molecule has 1 nitrogen and oxygen atoms in total. The second-order valence-electron chi connectivity index (χ2n) is 5.35. The lowest BCUT2D eigenvalue weighted by atomic mass is 9.87. The van der Waals surface area contributed by atoms with Crippen molar-refractivity contribution in [3.05, 3.63) is 0 Å². The summed E-state index contributed by atoms with van der Waals surface area (Å²) in [7, 11) is 0.